The first-order valence-electron chi connectivity index (χ1n) is 5.71. The molecule has 0 N–H and O–H groups in total. The molecule has 0 spiro atoms. The maximum Gasteiger partial charge on any atom is 0.347 e. The van der Waals surface area contributed by atoms with Crippen molar-refractivity contribution < 1.29 is 19.2 Å². The predicted octanol–water partition coefficient (Wildman–Crippen LogP) is 2.58. The van der Waals surface area contributed by atoms with Crippen molar-refractivity contribution in [2.24, 2.45) is 5.92 Å². The zero-order valence-corrected chi connectivity index (χ0v) is 10.9. The molecular weight excluding hydrogens is 274 g/mol. The molecule has 6 nitrogen and oxygen atoms in total. The summed E-state index contributed by atoms with van der Waals surface area (Å²) in [5, 5.41) is 11.2. The number of benzene rings is 1. The third-order valence-corrected chi connectivity index (χ3v) is 3.09. The van der Waals surface area contributed by atoms with E-state index in [0.29, 0.717) is 0 Å². The Morgan fingerprint density at radius 2 is 2.21 bits per heavy atom. The number of nitro benzene ring substituents is 1. The van der Waals surface area contributed by atoms with Crippen molar-refractivity contribution in [3.05, 3.63) is 33.3 Å². The lowest BCUT2D eigenvalue weighted by atomic mass is 10.2. The monoisotopic (exact) mass is 285 g/mol. The highest BCUT2D eigenvalue weighted by Crippen LogP contribution is 2.38. The normalized spacial score (nSPS) is 15.7. The van der Waals surface area contributed by atoms with Crippen LogP contribution in [0.5, 0.6) is 5.75 Å². The van der Waals surface area contributed by atoms with E-state index in [0.717, 1.165) is 12.8 Å². The molecule has 19 heavy (non-hydrogen) atoms. The van der Waals surface area contributed by atoms with Crippen LogP contribution in [0, 0.1) is 16.0 Å². The summed E-state index contributed by atoms with van der Waals surface area (Å²) in [5.74, 6) is -0.439. The number of ether oxygens (including phenoxy) is 2. The molecule has 1 aliphatic carbocycles. The Balaban J connectivity index is 2.26. The van der Waals surface area contributed by atoms with Gasteiger partial charge in [-0.2, -0.15) is 0 Å². The van der Waals surface area contributed by atoms with Crippen LogP contribution in [0.4, 0.5) is 5.69 Å². The molecule has 1 saturated carbocycles. The van der Waals surface area contributed by atoms with E-state index >= 15 is 0 Å². The summed E-state index contributed by atoms with van der Waals surface area (Å²) in [4.78, 5) is 21.9. The standard InChI is InChI=1S/C12H12ClNO5/c1-18-12(15)11(7-2-3-7)19-10-5-4-8(13)6-9(10)14(16)17/h4-7,11H,2-3H2,1H3. The topological polar surface area (TPSA) is 78.7 Å². The number of esters is 1. The second kappa shape index (κ2) is 5.44. The number of hydrogen-bond donors (Lipinski definition) is 0. The molecule has 1 aliphatic rings. The van der Waals surface area contributed by atoms with Crippen molar-refractivity contribution in [3.8, 4) is 5.75 Å². The van der Waals surface area contributed by atoms with Gasteiger partial charge in [-0.05, 0) is 25.0 Å². The minimum atomic E-state index is -0.801. The fourth-order valence-corrected chi connectivity index (χ4v) is 1.89. The van der Waals surface area contributed by atoms with Gasteiger partial charge in [0.05, 0.1) is 12.0 Å². The molecule has 7 heteroatoms. The molecular formula is C12H12ClNO5. The van der Waals surface area contributed by atoms with E-state index in [1.165, 1.54) is 25.3 Å². The van der Waals surface area contributed by atoms with Crippen LogP contribution in [0.15, 0.2) is 18.2 Å². The molecule has 1 aromatic carbocycles. The van der Waals surface area contributed by atoms with Crippen LogP contribution < -0.4 is 4.74 Å². The Kier molecular flexibility index (Phi) is 3.90. The molecule has 0 bridgehead atoms. The van der Waals surface area contributed by atoms with E-state index in [1.54, 1.807) is 0 Å². The molecule has 0 radical (unpaired) electrons. The van der Waals surface area contributed by atoms with Gasteiger partial charge in [-0.25, -0.2) is 4.79 Å². The van der Waals surface area contributed by atoms with E-state index in [4.69, 9.17) is 16.3 Å². The average Bonchev–Trinajstić information content (AvgIpc) is 3.20. The van der Waals surface area contributed by atoms with E-state index < -0.39 is 17.0 Å². The summed E-state index contributed by atoms with van der Waals surface area (Å²) >= 11 is 5.71. The van der Waals surface area contributed by atoms with Gasteiger partial charge in [-0.3, -0.25) is 10.1 Å². The van der Waals surface area contributed by atoms with Gasteiger partial charge in [0, 0.05) is 17.0 Å². The van der Waals surface area contributed by atoms with Gasteiger partial charge >= 0.3 is 11.7 Å². The zero-order valence-electron chi connectivity index (χ0n) is 10.2. The largest absolute Gasteiger partial charge is 0.471 e. The Bertz CT molecular complexity index is 515. The van der Waals surface area contributed by atoms with Crippen molar-refractivity contribution in [2.45, 2.75) is 18.9 Å². The van der Waals surface area contributed by atoms with E-state index in [1.807, 2.05) is 0 Å². The van der Waals surface area contributed by atoms with Gasteiger partial charge in [0.25, 0.3) is 0 Å². The smallest absolute Gasteiger partial charge is 0.347 e. The lowest BCUT2D eigenvalue weighted by Crippen LogP contribution is -2.30. The minimum absolute atomic E-state index is 0.0247. The van der Waals surface area contributed by atoms with E-state index in [2.05, 4.69) is 4.74 Å². The summed E-state index contributed by atoms with van der Waals surface area (Å²) in [6.07, 6.45) is 0.896. The Hall–Kier alpha value is -1.82. The molecule has 1 unspecified atom stereocenters. The molecule has 0 aliphatic heterocycles. The molecule has 102 valence electrons. The summed E-state index contributed by atoms with van der Waals surface area (Å²) < 4.78 is 10.1. The molecule has 2 rings (SSSR count). The molecule has 1 fully saturated rings. The number of rotatable bonds is 5. The van der Waals surface area contributed by atoms with Gasteiger partial charge in [-0.15, -0.1) is 0 Å². The highest BCUT2D eigenvalue weighted by molar-refractivity contribution is 6.30. The Morgan fingerprint density at radius 1 is 1.53 bits per heavy atom. The number of methoxy groups -OCH3 is 1. The fraction of sp³-hybridized carbons (Fsp3) is 0.417. The predicted molar refractivity (Wildman–Crippen MR) is 67.3 cm³/mol. The number of carbonyl (C=O) groups excluding carboxylic acids is 1. The maximum absolute atomic E-state index is 11.6. The van der Waals surface area contributed by atoms with Crippen LogP contribution in [0.1, 0.15) is 12.8 Å². The van der Waals surface area contributed by atoms with Crippen LogP contribution >= 0.6 is 11.6 Å². The second-order valence-electron chi connectivity index (χ2n) is 4.27. The van der Waals surface area contributed by atoms with E-state index in [9.17, 15) is 14.9 Å². The third-order valence-electron chi connectivity index (χ3n) is 2.86. The third kappa shape index (κ3) is 3.14. The second-order valence-corrected chi connectivity index (χ2v) is 4.70. The van der Waals surface area contributed by atoms with Crippen molar-refractivity contribution in [2.75, 3.05) is 7.11 Å². The molecule has 0 saturated heterocycles. The summed E-state index contributed by atoms with van der Waals surface area (Å²) in [7, 11) is 1.26. The number of nitrogens with zero attached hydrogens (tertiary/aromatic N) is 1. The number of hydrogen-bond acceptors (Lipinski definition) is 5. The first-order valence-corrected chi connectivity index (χ1v) is 6.09. The zero-order chi connectivity index (χ0) is 14.0. The Labute approximate surface area is 114 Å². The average molecular weight is 286 g/mol. The quantitative estimate of drug-likeness (QED) is 0.472. The van der Waals surface area contributed by atoms with E-state index in [-0.39, 0.29) is 22.4 Å². The summed E-state index contributed by atoms with van der Waals surface area (Å²) in [6.45, 7) is 0. The summed E-state index contributed by atoms with van der Waals surface area (Å²) in [5.41, 5.74) is -0.262. The van der Waals surface area contributed by atoms with Gasteiger partial charge in [0.15, 0.2) is 11.9 Å². The van der Waals surface area contributed by atoms with Crippen LogP contribution in [-0.4, -0.2) is 24.1 Å². The SMILES string of the molecule is COC(=O)C(Oc1ccc(Cl)cc1[N+](=O)[O-])C1CC1. The minimum Gasteiger partial charge on any atom is -0.471 e. The van der Waals surface area contributed by atoms with Gasteiger partial charge in [0.1, 0.15) is 0 Å². The lowest BCUT2D eigenvalue weighted by molar-refractivity contribution is -0.386. The van der Waals surface area contributed by atoms with Gasteiger partial charge in [0.2, 0.25) is 0 Å². The molecule has 0 amide bonds. The summed E-state index contributed by atoms with van der Waals surface area (Å²) in [6, 6.07) is 4.06. The highest BCUT2D eigenvalue weighted by Gasteiger charge is 2.40. The Morgan fingerprint density at radius 3 is 2.74 bits per heavy atom. The molecule has 0 heterocycles. The molecule has 1 aromatic rings. The number of nitro groups is 1. The van der Waals surface area contributed by atoms with Crippen molar-refractivity contribution in [1.29, 1.82) is 0 Å². The van der Waals surface area contributed by atoms with Crippen LogP contribution in [0.25, 0.3) is 0 Å². The van der Waals surface area contributed by atoms with Gasteiger partial charge in [-0.1, -0.05) is 11.6 Å². The highest BCUT2D eigenvalue weighted by atomic mass is 35.5. The first kappa shape index (κ1) is 13.6. The van der Waals surface area contributed by atoms with Crippen molar-refractivity contribution in [1.82, 2.24) is 0 Å². The molecule has 1 atom stereocenters. The van der Waals surface area contributed by atoms with Crippen LogP contribution in [0.3, 0.4) is 0 Å². The van der Waals surface area contributed by atoms with Gasteiger partial charge < -0.3 is 9.47 Å². The van der Waals surface area contributed by atoms with Crippen molar-refractivity contribution in [3.63, 3.8) is 0 Å². The number of halogens is 1. The van der Waals surface area contributed by atoms with Crippen LogP contribution in [-0.2, 0) is 9.53 Å². The lowest BCUT2D eigenvalue weighted by Gasteiger charge is -2.16. The number of carbonyl (C=O) groups is 1. The van der Waals surface area contributed by atoms with Crippen LogP contribution in [0.2, 0.25) is 5.02 Å². The van der Waals surface area contributed by atoms with Crippen molar-refractivity contribution >= 4 is 23.3 Å². The maximum atomic E-state index is 11.6. The molecule has 0 aromatic heterocycles. The fourth-order valence-electron chi connectivity index (χ4n) is 1.72. The first-order chi connectivity index (χ1) is 9.02.